The number of nitrogens with one attached hydrogen (secondary N) is 1. The monoisotopic (exact) mass is 210 g/mol. The lowest BCUT2D eigenvalue weighted by Gasteiger charge is -1.99. The molecule has 2 aromatic heterocycles. The van der Waals surface area contributed by atoms with E-state index in [1.54, 1.807) is 12.5 Å². The van der Waals surface area contributed by atoms with Gasteiger partial charge in [-0.05, 0) is 18.2 Å². The van der Waals surface area contributed by atoms with Crippen molar-refractivity contribution in [1.29, 1.82) is 0 Å². The molecule has 0 radical (unpaired) electrons. The Morgan fingerprint density at radius 3 is 2.69 bits per heavy atom. The summed E-state index contributed by atoms with van der Waals surface area (Å²) in [5, 5.41) is 4.47. The van der Waals surface area contributed by atoms with Crippen LogP contribution in [0.4, 0.5) is 0 Å². The van der Waals surface area contributed by atoms with Gasteiger partial charge in [0, 0.05) is 6.20 Å². The third-order valence-corrected chi connectivity index (χ3v) is 2.38. The quantitative estimate of drug-likeness (QED) is 0.705. The predicted octanol–water partition coefficient (Wildman–Crippen LogP) is 2.26. The van der Waals surface area contributed by atoms with Gasteiger partial charge in [-0.3, -0.25) is 0 Å². The van der Waals surface area contributed by atoms with Crippen LogP contribution < -0.4 is 0 Å². The molecule has 0 atom stereocenters. The third kappa shape index (κ3) is 1.50. The number of hydrogen-bond donors (Lipinski definition) is 1. The molecule has 2 heterocycles. The van der Waals surface area contributed by atoms with Crippen molar-refractivity contribution in [3.8, 4) is 17.1 Å². The molecule has 3 aromatic rings. The van der Waals surface area contributed by atoms with Gasteiger partial charge in [-0.1, -0.05) is 18.2 Å². The molecule has 4 heteroatoms. The van der Waals surface area contributed by atoms with E-state index in [9.17, 15) is 0 Å². The van der Waals surface area contributed by atoms with E-state index in [-0.39, 0.29) is 0 Å². The summed E-state index contributed by atoms with van der Waals surface area (Å²) in [5.74, 6) is 0. The zero-order chi connectivity index (χ0) is 10.8. The number of aromatic nitrogens is 4. The molecule has 0 saturated heterocycles. The van der Waals surface area contributed by atoms with Crippen LogP contribution in [0.15, 0.2) is 55.1 Å². The summed E-state index contributed by atoms with van der Waals surface area (Å²) in [6.07, 6.45) is 5.35. The van der Waals surface area contributed by atoms with Crippen molar-refractivity contribution in [2.24, 2.45) is 0 Å². The second-order valence-electron chi connectivity index (χ2n) is 3.45. The van der Waals surface area contributed by atoms with E-state index in [1.807, 2.05) is 47.3 Å². The molecule has 1 aromatic carbocycles. The lowest BCUT2D eigenvalue weighted by Crippen LogP contribution is -1.93. The molecular formula is C12H10N4. The number of nitrogens with zero attached hydrogens (tertiary/aromatic N) is 3. The summed E-state index contributed by atoms with van der Waals surface area (Å²) in [6.45, 7) is 0. The van der Waals surface area contributed by atoms with E-state index in [0.717, 1.165) is 17.1 Å². The molecule has 0 spiro atoms. The Balaban J connectivity index is 2.00. The maximum absolute atomic E-state index is 4.47. The third-order valence-electron chi connectivity index (χ3n) is 2.38. The van der Waals surface area contributed by atoms with Crippen LogP contribution in [0.3, 0.4) is 0 Å². The smallest absolute Gasteiger partial charge is 0.111 e. The fourth-order valence-electron chi connectivity index (χ4n) is 1.59. The summed E-state index contributed by atoms with van der Waals surface area (Å²) in [5.41, 5.74) is 2.87. The Hall–Kier alpha value is -2.36. The van der Waals surface area contributed by atoms with Crippen LogP contribution in [0, 0.1) is 0 Å². The van der Waals surface area contributed by atoms with E-state index in [1.165, 1.54) is 0 Å². The van der Waals surface area contributed by atoms with Gasteiger partial charge in [-0.15, -0.1) is 0 Å². The van der Waals surface area contributed by atoms with Crippen molar-refractivity contribution in [3.05, 3.63) is 55.1 Å². The van der Waals surface area contributed by atoms with E-state index < -0.39 is 0 Å². The Labute approximate surface area is 92.6 Å². The second kappa shape index (κ2) is 3.66. The van der Waals surface area contributed by atoms with Gasteiger partial charge in [0.25, 0.3) is 0 Å². The van der Waals surface area contributed by atoms with Gasteiger partial charge in [0.15, 0.2) is 0 Å². The maximum atomic E-state index is 4.47. The molecule has 0 aliphatic heterocycles. The highest BCUT2D eigenvalue weighted by Crippen LogP contribution is 2.14. The standard InChI is InChI=1S/C12H10N4/c1-2-4-10(5-3-1)16-7-6-11(15-16)12-8-13-9-14-12/h1-9H,(H,13,14). The highest BCUT2D eigenvalue weighted by molar-refractivity contribution is 5.52. The molecule has 78 valence electrons. The maximum Gasteiger partial charge on any atom is 0.111 e. The van der Waals surface area contributed by atoms with Crippen molar-refractivity contribution in [2.45, 2.75) is 0 Å². The zero-order valence-corrected chi connectivity index (χ0v) is 8.54. The largest absolute Gasteiger partial charge is 0.343 e. The van der Waals surface area contributed by atoms with Crippen molar-refractivity contribution in [3.63, 3.8) is 0 Å². The van der Waals surface area contributed by atoms with E-state index in [4.69, 9.17) is 0 Å². The van der Waals surface area contributed by atoms with Crippen LogP contribution >= 0.6 is 0 Å². The molecule has 0 fully saturated rings. The Kier molecular flexibility index (Phi) is 2.04. The van der Waals surface area contributed by atoms with Crippen molar-refractivity contribution in [1.82, 2.24) is 19.7 Å². The van der Waals surface area contributed by atoms with Gasteiger partial charge in [-0.2, -0.15) is 5.10 Å². The second-order valence-corrected chi connectivity index (χ2v) is 3.45. The van der Waals surface area contributed by atoms with Crippen molar-refractivity contribution < 1.29 is 0 Å². The molecule has 0 aliphatic rings. The van der Waals surface area contributed by atoms with Crippen LogP contribution in [0.2, 0.25) is 0 Å². The number of hydrogen-bond acceptors (Lipinski definition) is 2. The van der Waals surface area contributed by atoms with Crippen LogP contribution in [-0.2, 0) is 0 Å². The fourth-order valence-corrected chi connectivity index (χ4v) is 1.59. The van der Waals surface area contributed by atoms with Gasteiger partial charge in [-0.25, -0.2) is 9.67 Å². The molecule has 0 unspecified atom stereocenters. The minimum atomic E-state index is 0.890. The summed E-state index contributed by atoms with van der Waals surface area (Å²) >= 11 is 0. The average molecular weight is 210 g/mol. The molecule has 0 amide bonds. The van der Waals surface area contributed by atoms with Crippen LogP contribution in [0.1, 0.15) is 0 Å². The number of aromatic amines is 1. The lowest BCUT2D eigenvalue weighted by atomic mass is 10.3. The molecule has 0 saturated carbocycles. The Bertz CT molecular complexity index is 566. The van der Waals surface area contributed by atoms with E-state index >= 15 is 0 Å². The highest BCUT2D eigenvalue weighted by atomic mass is 15.3. The number of H-pyrrole nitrogens is 1. The highest BCUT2D eigenvalue weighted by Gasteiger charge is 2.03. The Morgan fingerprint density at radius 1 is 1.06 bits per heavy atom. The molecule has 16 heavy (non-hydrogen) atoms. The van der Waals surface area contributed by atoms with Gasteiger partial charge >= 0.3 is 0 Å². The molecule has 0 bridgehead atoms. The zero-order valence-electron chi connectivity index (χ0n) is 8.54. The van der Waals surface area contributed by atoms with Crippen LogP contribution in [0.25, 0.3) is 17.1 Å². The number of rotatable bonds is 2. The summed E-state index contributed by atoms with van der Waals surface area (Å²) in [7, 11) is 0. The van der Waals surface area contributed by atoms with E-state index in [0.29, 0.717) is 0 Å². The topological polar surface area (TPSA) is 46.5 Å². The summed E-state index contributed by atoms with van der Waals surface area (Å²) < 4.78 is 1.84. The first-order valence-corrected chi connectivity index (χ1v) is 5.03. The van der Waals surface area contributed by atoms with Gasteiger partial charge in [0.2, 0.25) is 0 Å². The first-order valence-electron chi connectivity index (χ1n) is 5.03. The fraction of sp³-hybridized carbons (Fsp3) is 0. The molecule has 0 aliphatic carbocycles. The first-order chi connectivity index (χ1) is 7.93. The lowest BCUT2D eigenvalue weighted by molar-refractivity contribution is 0.883. The SMILES string of the molecule is c1ccc(-n2ccc(-c3cnc[nH]3)n2)cc1. The summed E-state index contributed by atoms with van der Waals surface area (Å²) in [4.78, 5) is 7.01. The summed E-state index contributed by atoms with van der Waals surface area (Å²) in [6, 6.07) is 12.0. The molecule has 3 rings (SSSR count). The van der Waals surface area contributed by atoms with Gasteiger partial charge in [0.1, 0.15) is 5.69 Å². The minimum Gasteiger partial charge on any atom is -0.343 e. The van der Waals surface area contributed by atoms with Crippen molar-refractivity contribution in [2.75, 3.05) is 0 Å². The number of benzene rings is 1. The first kappa shape index (κ1) is 8.91. The number of para-hydroxylation sites is 1. The van der Waals surface area contributed by atoms with Crippen LogP contribution in [0.5, 0.6) is 0 Å². The number of imidazole rings is 1. The van der Waals surface area contributed by atoms with Crippen LogP contribution in [-0.4, -0.2) is 19.7 Å². The van der Waals surface area contributed by atoms with E-state index in [2.05, 4.69) is 15.1 Å². The van der Waals surface area contributed by atoms with Gasteiger partial charge in [0.05, 0.1) is 23.9 Å². The normalized spacial score (nSPS) is 10.5. The average Bonchev–Trinajstić information content (AvgIpc) is 3.01. The van der Waals surface area contributed by atoms with Gasteiger partial charge < -0.3 is 4.98 Å². The minimum absolute atomic E-state index is 0.890. The molecule has 1 N–H and O–H groups in total. The molecule has 4 nitrogen and oxygen atoms in total. The Morgan fingerprint density at radius 2 is 1.94 bits per heavy atom. The predicted molar refractivity (Wildman–Crippen MR) is 61.1 cm³/mol. The van der Waals surface area contributed by atoms with Crippen molar-refractivity contribution >= 4 is 0 Å². The molecular weight excluding hydrogens is 200 g/mol.